The van der Waals surface area contributed by atoms with Gasteiger partial charge in [-0.2, -0.15) is 15.4 Å². The first-order chi connectivity index (χ1) is 8.31. The van der Waals surface area contributed by atoms with Gasteiger partial charge in [-0.15, -0.1) is 0 Å². The highest BCUT2D eigenvalue weighted by molar-refractivity contribution is 5.27. The van der Waals surface area contributed by atoms with Gasteiger partial charge in [-0.25, -0.2) is 0 Å². The minimum Gasteiger partial charge on any atom is -0.309 e. The lowest BCUT2D eigenvalue weighted by Crippen LogP contribution is -2.23. The van der Waals surface area contributed by atoms with E-state index in [9.17, 15) is 0 Å². The Morgan fingerprint density at radius 3 is 2.82 bits per heavy atom. The average Bonchev–Trinajstić information content (AvgIpc) is 2.85. The quantitative estimate of drug-likeness (QED) is 0.826. The van der Waals surface area contributed by atoms with Gasteiger partial charge in [-0.1, -0.05) is 31.2 Å². The molecule has 0 aliphatic rings. The Morgan fingerprint density at radius 2 is 2.18 bits per heavy atom. The third-order valence-corrected chi connectivity index (χ3v) is 2.93. The second-order valence-corrected chi connectivity index (χ2v) is 4.14. The molecule has 4 nitrogen and oxygen atoms in total. The molecule has 1 heterocycles. The van der Waals surface area contributed by atoms with Crippen molar-refractivity contribution < 1.29 is 0 Å². The van der Waals surface area contributed by atoms with Crippen LogP contribution in [0.15, 0.2) is 30.5 Å². The first-order valence-corrected chi connectivity index (χ1v) is 5.94. The van der Waals surface area contributed by atoms with Gasteiger partial charge < -0.3 is 5.32 Å². The molecule has 90 valence electrons. The Balaban J connectivity index is 2.16. The summed E-state index contributed by atoms with van der Waals surface area (Å²) >= 11 is 0. The van der Waals surface area contributed by atoms with Crippen LogP contribution in [0.4, 0.5) is 0 Å². The standard InChI is InChI=1S/C13H18N4/c1-3-14-12(13-9-15-17-16-13)8-11-7-5-4-6-10(11)2/h4-7,9,12,14H,3,8H2,1-2H3,(H,15,16,17). The average molecular weight is 230 g/mol. The molecule has 0 radical (unpaired) electrons. The molecule has 0 saturated carbocycles. The van der Waals surface area contributed by atoms with Gasteiger partial charge in [-0.05, 0) is 31.0 Å². The van der Waals surface area contributed by atoms with Crippen molar-refractivity contribution in [2.24, 2.45) is 0 Å². The molecule has 2 rings (SSSR count). The number of hydrogen-bond acceptors (Lipinski definition) is 3. The number of H-pyrrole nitrogens is 1. The highest BCUT2D eigenvalue weighted by atomic mass is 15.3. The van der Waals surface area contributed by atoms with E-state index in [0.29, 0.717) is 0 Å². The molecule has 1 aromatic carbocycles. The molecule has 17 heavy (non-hydrogen) atoms. The molecule has 0 fully saturated rings. The first-order valence-electron chi connectivity index (χ1n) is 5.94. The lowest BCUT2D eigenvalue weighted by atomic mass is 9.99. The van der Waals surface area contributed by atoms with Crippen molar-refractivity contribution in [1.29, 1.82) is 0 Å². The molecule has 0 aliphatic heterocycles. The van der Waals surface area contributed by atoms with Crippen molar-refractivity contribution in [2.75, 3.05) is 6.54 Å². The molecule has 1 atom stereocenters. The summed E-state index contributed by atoms with van der Waals surface area (Å²) in [6.45, 7) is 5.16. The van der Waals surface area contributed by atoms with Crippen molar-refractivity contribution in [3.8, 4) is 0 Å². The van der Waals surface area contributed by atoms with E-state index in [1.165, 1.54) is 11.1 Å². The van der Waals surface area contributed by atoms with Gasteiger partial charge in [0.1, 0.15) is 0 Å². The van der Waals surface area contributed by atoms with Gasteiger partial charge >= 0.3 is 0 Å². The van der Waals surface area contributed by atoms with Crippen LogP contribution >= 0.6 is 0 Å². The number of aromatic nitrogens is 3. The number of benzene rings is 1. The molecule has 0 amide bonds. The topological polar surface area (TPSA) is 53.6 Å². The monoisotopic (exact) mass is 230 g/mol. The van der Waals surface area contributed by atoms with Crippen LogP contribution in [0, 0.1) is 6.92 Å². The van der Waals surface area contributed by atoms with Gasteiger partial charge in [0, 0.05) is 0 Å². The minimum atomic E-state index is 0.222. The number of nitrogens with one attached hydrogen (secondary N) is 2. The van der Waals surface area contributed by atoms with Crippen LogP contribution in [0.3, 0.4) is 0 Å². The van der Waals surface area contributed by atoms with Gasteiger partial charge in [0.05, 0.1) is 17.9 Å². The maximum Gasteiger partial charge on any atom is 0.0997 e. The van der Waals surface area contributed by atoms with E-state index in [4.69, 9.17) is 0 Å². The van der Waals surface area contributed by atoms with Crippen molar-refractivity contribution in [1.82, 2.24) is 20.7 Å². The number of rotatable bonds is 5. The molecular formula is C13H18N4. The van der Waals surface area contributed by atoms with Crippen LogP contribution in [0.5, 0.6) is 0 Å². The number of aromatic amines is 1. The summed E-state index contributed by atoms with van der Waals surface area (Å²) in [7, 11) is 0. The zero-order valence-electron chi connectivity index (χ0n) is 10.3. The second kappa shape index (κ2) is 5.59. The molecule has 0 bridgehead atoms. The molecule has 0 saturated heterocycles. The summed E-state index contributed by atoms with van der Waals surface area (Å²) < 4.78 is 0. The van der Waals surface area contributed by atoms with E-state index >= 15 is 0 Å². The van der Waals surface area contributed by atoms with Gasteiger partial charge in [0.25, 0.3) is 0 Å². The lowest BCUT2D eigenvalue weighted by Gasteiger charge is -2.16. The van der Waals surface area contributed by atoms with E-state index in [1.54, 1.807) is 6.20 Å². The second-order valence-electron chi connectivity index (χ2n) is 4.14. The maximum absolute atomic E-state index is 4.16. The number of hydrogen-bond donors (Lipinski definition) is 2. The van der Waals surface area contributed by atoms with Crippen LogP contribution in [0.1, 0.15) is 29.8 Å². The molecule has 2 N–H and O–H groups in total. The van der Waals surface area contributed by atoms with Crippen LogP contribution in [-0.4, -0.2) is 22.0 Å². The largest absolute Gasteiger partial charge is 0.309 e. The zero-order valence-corrected chi connectivity index (χ0v) is 10.3. The van der Waals surface area contributed by atoms with E-state index < -0.39 is 0 Å². The molecule has 1 unspecified atom stereocenters. The summed E-state index contributed by atoms with van der Waals surface area (Å²) in [5.74, 6) is 0. The van der Waals surface area contributed by atoms with E-state index in [0.717, 1.165) is 18.7 Å². The van der Waals surface area contributed by atoms with Gasteiger partial charge in [0.15, 0.2) is 0 Å². The predicted molar refractivity (Wildman–Crippen MR) is 67.7 cm³/mol. The summed E-state index contributed by atoms with van der Waals surface area (Å²) in [5.41, 5.74) is 3.63. The third-order valence-electron chi connectivity index (χ3n) is 2.93. The highest BCUT2D eigenvalue weighted by Crippen LogP contribution is 2.18. The first kappa shape index (κ1) is 11.8. The normalized spacial score (nSPS) is 12.6. The predicted octanol–water partition coefficient (Wildman–Crippen LogP) is 2.01. The fourth-order valence-electron chi connectivity index (χ4n) is 1.97. The van der Waals surface area contributed by atoms with E-state index in [2.05, 4.69) is 58.8 Å². The van der Waals surface area contributed by atoms with Gasteiger partial charge in [0.2, 0.25) is 0 Å². The Bertz CT molecular complexity index is 450. The number of nitrogens with zero attached hydrogens (tertiary/aromatic N) is 2. The fraction of sp³-hybridized carbons (Fsp3) is 0.385. The molecule has 0 spiro atoms. The van der Waals surface area contributed by atoms with Gasteiger partial charge in [-0.3, -0.25) is 0 Å². The van der Waals surface area contributed by atoms with E-state index in [1.807, 2.05) is 0 Å². The third kappa shape index (κ3) is 2.91. The summed E-state index contributed by atoms with van der Waals surface area (Å²) in [6.07, 6.45) is 2.72. The Kier molecular flexibility index (Phi) is 3.88. The fourth-order valence-corrected chi connectivity index (χ4v) is 1.97. The highest BCUT2D eigenvalue weighted by Gasteiger charge is 2.14. The van der Waals surface area contributed by atoms with Crippen molar-refractivity contribution in [3.63, 3.8) is 0 Å². The molecule has 1 aromatic heterocycles. The van der Waals surface area contributed by atoms with E-state index in [-0.39, 0.29) is 6.04 Å². The van der Waals surface area contributed by atoms with Crippen LogP contribution in [0.25, 0.3) is 0 Å². The van der Waals surface area contributed by atoms with Crippen LogP contribution in [-0.2, 0) is 6.42 Å². The SMILES string of the molecule is CCNC(Cc1ccccc1C)c1cn[nH]n1. The molecule has 2 aromatic rings. The smallest absolute Gasteiger partial charge is 0.0997 e. The number of aryl methyl sites for hydroxylation is 1. The van der Waals surface area contributed by atoms with Crippen LogP contribution in [0.2, 0.25) is 0 Å². The Morgan fingerprint density at radius 1 is 1.35 bits per heavy atom. The minimum absolute atomic E-state index is 0.222. The maximum atomic E-state index is 4.16. The van der Waals surface area contributed by atoms with Crippen LogP contribution < -0.4 is 5.32 Å². The Hall–Kier alpha value is -1.68. The lowest BCUT2D eigenvalue weighted by molar-refractivity contribution is 0.534. The van der Waals surface area contributed by atoms with Crippen molar-refractivity contribution >= 4 is 0 Å². The molecular weight excluding hydrogens is 212 g/mol. The molecule has 4 heteroatoms. The molecule has 0 aliphatic carbocycles. The zero-order chi connectivity index (χ0) is 12.1. The summed E-state index contributed by atoms with van der Waals surface area (Å²) in [6, 6.07) is 8.67. The Labute approximate surface area is 101 Å². The van der Waals surface area contributed by atoms with Crippen molar-refractivity contribution in [3.05, 3.63) is 47.3 Å². The van der Waals surface area contributed by atoms with Crippen molar-refractivity contribution in [2.45, 2.75) is 26.3 Å². The summed E-state index contributed by atoms with van der Waals surface area (Å²) in [5, 5.41) is 14.1. The summed E-state index contributed by atoms with van der Waals surface area (Å²) in [4.78, 5) is 0. The number of likely N-dealkylation sites (N-methyl/N-ethyl adjacent to an activating group) is 1.